The molecule has 2 aliphatic rings. The molecule has 1 N–H and O–H groups in total. The van der Waals surface area contributed by atoms with Crippen molar-refractivity contribution >= 4 is 32.8 Å². The maximum absolute atomic E-state index is 14.9. The zero-order chi connectivity index (χ0) is 24.4. The number of urea groups is 1. The number of benzene rings is 2. The van der Waals surface area contributed by atoms with Crippen LogP contribution in [-0.4, -0.2) is 61.9 Å². The summed E-state index contributed by atoms with van der Waals surface area (Å²) in [7, 11) is -3.94. The fourth-order valence-electron chi connectivity index (χ4n) is 4.61. The molecule has 3 heterocycles. The maximum atomic E-state index is 14.9. The number of anilines is 1. The van der Waals surface area contributed by atoms with Crippen LogP contribution in [0, 0.1) is 11.6 Å². The number of fused-ring (bicyclic) bond motifs is 2. The van der Waals surface area contributed by atoms with Crippen molar-refractivity contribution in [3.63, 3.8) is 0 Å². The predicted octanol–water partition coefficient (Wildman–Crippen LogP) is 3.34. The van der Waals surface area contributed by atoms with Crippen LogP contribution < -0.4 is 9.62 Å². The van der Waals surface area contributed by atoms with Crippen molar-refractivity contribution < 1.29 is 35.3 Å². The van der Waals surface area contributed by atoms with Crippen LogP contribution in [-0.2, 0) is 10.0 Å². The van der Waals surface area contributed by atoms with Gasteiger partial charge in [-0.2, -0.15) is 0 Å². The van der Waals surface area contributed by atoms with Gasteiger partial charge in [0.1, 0.15) is 12.1 Å². The number of nitrogens with zero attached hydrogens (tertiary/aromatic N) is 3. The molecule has 180 valence electrons. The molecule has 2 fully saturated rings. The first-order valence-electron chi connectivity index (χ1n) is 10.2. The lowest BCUT2D eigenvalue weighted by Gasteiger charge is -2.37. The molecule has 0 bridgehead atoms. The van der Waals surface area contributed by atoms with E-state index in [9.17, 15) is 30.8 Å². The third-order valence-electron chi connectivity index (χ3n) is 6.10. The first kappa shape index (κ1) is 22.6. The van der Waals surface area contributed by atoms with Gasteiger partial charge in [-0.25, -0.2) is 35.5 Å². The van der Waals surface area contributed by atoms with E-state index in [1.165, 1.54) is 24.3 Å². The van der Waals surface area contributed by atoms with Gasteiger partial charge in [-0.15, -0.1) is 0 Å². The van der Waals surface area contributed by atoms with E-state index in [1.807, 2.05) is 4.72 Å². The molecule has 34 heavy (non-hydrogen) atoms. The second-order valence-electron chi connectivity index (χ2n) is 8.29. The number of hydrogen-bond acceptors (Lipinski definition) is 5. The summed E-state index contributed by atoms with van der Waals surface area (Å²) < 4.78 is 88.5. The van der Waals surface area contributed by atoms with Gasteiger partial charge < -0.3 is 9.42 Å². The topological polar surface area (TPSA) is 95.8 Å². The number of rotatable bonds is 4. The van der Waals surface area contributed by atoms with Crippen LogP contribution in [0.5, 0.6) is 0 Å². The third kappa shape index (κ3) is 3.50. The molecular weight excluding hydrogens is 480 g/mol. The van der Waals surface area contributed by atoms with E-state index in [2.05, 4.69) is 5.16 Å². The lowest BCUT2D eigenvalue weighted by Crippen LogP contribution is -2.56. The number of halogens is 4. The molecule has 2 aromatic carbocycles. The van der Waals surface area contributed by atoms with Gasteiger partial charge in [0.05, 0.1) is 11.6 Å². The molecule has 0 radical (unpaired) electrons. The molecule has 2 saturated heterocycles. The summed E-state index contributed by atoms with van der Waals surface area (Å²) in [6.45, 7) is -0.704. The summed E-state index contributed by atoms with van der Waals surface area (Å²) in [6.07, 6.45) is 0.592. The van der Waals surface area contributed by atoms with E-state index in [0.717, 1.165) is 22.1 Å². The van der Waals surface area contributed by atoms with Crippen molar-refractivity contribution in [2.45, 2.75) is 24.4 Å². The highest BCUT2D eigenvalue weighted by molar-refractivity contribution is 7.88. The largest absolute Gasteiger partial charge is 0.354 e. The van der Waals surface area contributed by atoms with Crippen molar-refractivity contribution in [3.8, 4) is 11.1 Å². The lowest BCUT2D eigenvalue weighted by atomic mass is 10.00. The van der Waals surface area contributed by atoms with Gasteiger partial charge >= 0.3 is 6.03 Å². The summed E-state index contributed by atoms with van der Waals surface area (Å²) >= 11 is 0. The molecule has 5 rings (SSSR count). The molecule has 2 aliphatic heterocycles. The Morgan fingerprint density at radius 3 is 2.59 bits per heavy atom. The Morgan fingerprint density at radius 2 is 1.85 bits per heavy atom. The highest BCUT2D eigenvalue weighted by atomic mass is 32.2. The summed E-state index contributed by atoms with van der Waals surface area (Å²) in [5, 5.41) is 4.14. The van der Waals surface area contributed by atoms with E-state index in [4.69, 9.17) is 4.52 Å². The van der Waals surface area contributed by atoms with Crippen LogP contribution in [0.1, 0.15) is 6.42 Å². The summed E-state index contributed by atoms with van der Waals surface area (Å²) in [5.74, 6) is -5.67. The molecule has 0 aliphatic carbocycles. The van der Waals surface area contributed by atoms with Crippen LogP contribution >= 0.6 is 0 Å². The SMILES string of the molecule is CS(=O)(=O)N[C@@H]1CN2C(=O)N(c3noc4cccc(-c5cccc(F)c5F)c34)CC[C@@H]2C1(F)F. The molecule has 8 nitrogen and oxygen atoms in total. The van der Waals surface area contributed by atoms with Gasteiger partial charge in [0.15, 0.2) is 23.0 Å². The zero-order valence-electron chi connectivity index (χ0n) is 17.6. The molecule has 0 spiro atoms. The maximum Gasteiger partial charge on any atom is 0.326 e. The molecule has 3 aromatic rings. The normalized spacial score (nSPS) is 22.4. The molecular formula is C21H18F4N4O4S. The quantitative estimate of drug-likeness (QED) is 0.557. The molecule has 0 unspecified atom stereocenters. The smallest absolute Gasteiger partial charge is 0.326 e. The van der Waals surface area contributed by atoms with E-state index >= 15 is 0 Å². The number of carbonyl (C=O) groups excluding carboxylic acids is 1. The average molecular weight is 498 g/mol. The van der Waals surface area contributed by atoms with E-state index in [1.54, 1.807) is 6.07 Å². The molecule has 2 atom stereocenters. The number of carbonyl (C=O) groups is 1. The minimum atomic E-state index is -3.94. The van der Waals surface area contributed by atoms with Gasteiger partial charge in [0.2, 0.25) is 10.0 Å². The molecule has 2 amide bonds. The van der Waals surface area contributed by atoms with Crippen LogP contribution in [0.15, 0.2) is 40.9 Å². The number of aromatic nitrogens is 1. The fourth-order valence-corrected chi connectivity index (χ4v) is 5.36. The van der Waals surface area contributed by atoms with E-state index < -0.39 is 52.2 Å². The van der Waals surface area contributed by atoms with Crippen LogP contribution in [0.4, 0.5) is 28.2 Å². The van der Waals surface area contributed by atoms with Crippen molar-refractivity contribution in [3.05, 3.63) is 48.0 Å². The highest BCUT2D eigenvalue weighted by Gasteiger charge is 2.60. The number of alkyl halides is 2. The highest BCUT2D eigenvalue weighted by Crippen LogP contribution is 2.43. The number of nitrogens with one attached hydrogen (secondary N) is 1. The Kier molecular flexibility index (Phi) is 5.09. The standard InChI is InChI=1S/C21H18F4N4O4S/c1-34(31,32)27-15-10-29-16(21(15,24)25)8-9-28(20(29)30)19-17-11(4-3-7-14(17)33-26-19)12-5-2-6-13(22)18(12)23/h2-7,15-16,27H,8-10H2,1H3/t15-,16-/m1/s1. The Morgan fingerprint density at radius 1 is 1.15 bits per heavy atom. The van der Waals surface area contributed by atoms with Crippen molar-refractivity contribution in [2.75, 3.05) is 24.2 Å². The van der Waals surface area contributed by atoms with Crippen LogP contribution in [0.2, 0.25) is 0 Å². The monoisotopic (exact) mass is 498 g/mol. The van der Waals surface area contributed by atoms with Crippen molar-refractivity contribution in [1.29, 1.82) is 0 Å². The Hall–Kier alpha value is -3.19. The van der Waals surface area contributed by atoms with E-state index in [0.29, 0.717) is 0 Å². The first-order chi connectivity index (χ1) is 16.0. The zero-order valence-corrected chi connectivity index (χ0v) is 18.5. The minimum absolute atomic E-state index is 0.0273. The van der Waals surface area contributed by atoms with Crippen LogP contribution in [0.25, 0.3) is 22.1 Å². The van der Waals surface area contributed by atoms with Gasteiger partial charge in [0.25, 0.3) is 5.92 Å². The number of amides is 2. The average Bonchev–Trinajstić information content (AvgIpc) is 3.29. The summed E-state index contributed by atoms with van der Waals surface area (Å²) in [4.78, 5) is 15.3. The Balaban J connectivity index is 1.55. The summed E-state index contributed by atoms with van der Waals surface area (Å²) in [6, 6.07) is 4.14. The van der Waals surface area contributed by atoms with Gasteiger partial charge in [-0.05, 0) is 24.1 Å². The molecule has 13 heteroatoms. The van der Waals surface area contributed by atoms with Gasteiger partial charge in [-0.1, -0.05) is 29.4 Å². The Labute approximate surface area is 191 Å². The predicted molar refractivity (Wildman–Crippen MR) is 114 cm³/mol. The van der Waals surface area contributed by atoms with Gasteiger partial charge in [0, 0.05) is 18.7 Å². The third-order valence-corrected chi connectivity index (χ3v) is 6.81. The molecule has 1 aromatic heterocycles. The van der Waals surface area contributed by atoms with Crippen molar-refractivity contribution in [1.82, 2.24) is 14.8 Å². The fraction of sp³-hybridized carbons (Fsp3) is 0.333. The molecule has 0 saturated carbocycles. The second-order valence-corrected chi connectivity index (χ2v) is 10.1. The van der Waals surface area contributed by atoms with E-state index in [-0.39, 0.29) is 40.9 Å². The second kappa shape index (κ2) is 7.67. The Bertz CT molecular complexity index is 1410. The number of hydrogen-bond donors (Lipinski definition) is 1. The lowest BCUT2D eigenvalue weighted by molar-refractivity contribution is -0.0448. The van der Waals surface area contributed by atoms with Crippen LogP contribution in [0.3, 0.4) is 0 Å². The van der Waals surface area contributed by atoms with Crippen molar-refractivity contribution in [2.24, 2.45) is 0 Å². The minimum Gasteiger partial charge on any atom is -0.354 e. The summed E-state index contributed by atoms with van der Waals surface area (Å²) in [5.41, 5.74) is 0.320. The first-order valence-corrected chi connectivity index (χ1v) is 12.1. The van der Waals surface area contributed by atoms with Gasteiger partial charge in [-0.3, -0.25) is 4.90 Å². The number of sulfonamides is 1.